The molecule has 1 unspecified atom stereocenters. The van der Waals surface area contributed by atoms with Crippen LogP contribution < -0.4 is 10.5 Å². The first-order chi connectivity index (χ1) is 8.72. The van der Waals surface area contributed by atoms with Crippen molar-refractivity contribution in [2.45, 2.75) is 52.9 Å². The first-order valence-electron chi connectivity index (χ1n) is 7.11. The summed E-state index contributed by atoms with van der Waals surface area (Å²) >= 11 is 0. The zero-order valence-electron chi connectivity index (χ0n) is 13.5. The summed E-state index contributed by atoms with van der Waals surface area (Å²) in [4.78, 5) is 0. The molecule has 19 heavy (non-hydrogen) atoms. The van der Waals surface area contributed by atoms with Crippen molar-refractivity contribution < 1.29 is 4.74 Å². The van der Waals surface area contributed by atoms with Crippen LogP contribution in [-0.2, 0) is 5.41 Å². The summed E-state index contributed by atoms with van der Waals surface area (Å²) in [5.74, 6) is 1.94. The van der Waals surface area contributed by atoms with Gasteiger partial charge in [-0.15, -0.1) is 0 Å². The molecule has 1 aromatic carbocycles. The quantitative estimate of drug-likeness (QED) is 0.891. The van der Waals surface area contributed by atoms with E-state index >= 15 is 0 Å². The second-order valence-corrected chi connectivity index (χ2v) is 6.75. The largest absolute Gasteiger partial charge is 0.496 e. The lowest BCUT2D eigenvalue weighted by Crippen LogP contribution is -2.21. The maximum Gasteiger partial charge on any atom is 0.122 e. The Balaban J connectivity index is 3.42. The number of hydrogen-bond donors (Lipinski definition) is 1. The minimum Gasteiger partial charge on any atom is -0.496 e. The SMILES string of the molecule is COc1cc(C)c(C(CN)C(C)C)cc1C(C)(C)C. The third kappa shape index (κ3) is 3.50. The van der Waals surface area contributed by atoms with Gasteiger partial charge in [-0.25, -0.2) is 0 Å². The lowest BCUT2D eigenvalue weighted by molar-refractivity contribution is 0.396. The highest BCUT2D eigenvalue weighted by Crippen LogP contribution is 2.37. The molecule has 0 aliphatic carbocycles. The Kier molecular flexibility index (Phi) is 5.03. The molecule has 0 bridgehead atoms. The van der Waals surface area contributed by atoms with Crippen molar-refractivity contribution in [1.29, 1.82) is 0 Å². The first kappa shape index (κ1) is 16.0. The van der Waals surface area contributed by atoms with E-state index in [1.807, 2.05) is 0 Å². The fraction of sp³-hybridized carbons (Fsp3) is 0.647. The molecule has 0 aromatic heterocycles. The van der Waals surface area contributed by atoms with Gasteiger partial charge in [-0.1, -0.05) is 40.7 Å². The van der Waals surface area contributed by atoms with Crippen LogP contribution in [0.1, 0.15) is 57.2 Å². The molecule has 0 heterocycles. The highest BCUT2D eigenvalue weighted by atomic mass is 16.5. The maximum atomic E-state index is 5.97. The van der Waals surface area contributed by atoms with Crippen molar-refractivity contribution in [3.05, 3.63) is 28.8 Å². The van der Waals surface area contributed by atoms with Gasteiger partial charge in [0.25, 0.3) is 0 Å². The van der Waals surface area contributed by atoms with E-state index < -0.39 is 0 Å². The molecule has 0 saturated heterocycles. The molecule has 0 radical (unpaired) electrons. The number of benzene rings is 1. The fourth-order valence-corrected chi connectivity index (χ4v) is 2.61. The first-order valence-corrected chi connectivity index (χ1v) is 7.11. The molecule has 0 fully saturated rings. The van der Waals surface area contributed by atoms with Crippen LogP contribution in [-0.4, -0.2) is 13.7 Å². The molecule has 1 rings (SSSR count). The fourth-order valence-electron chi connectivity index (χ4n) is 2.61. The van der Waals surface area contributed by atoms with Crippen molar-refractivity contribution in [2.24, 2.45) is 11.7 Å². The van der Waals surface area contributed by atoms with Gasteiger partial charge in [-0.3, -0.25) is 0 Å². The van der Waals surface area contributed by atoms with Crippen molar-refractivity contribution in [3.63, 3.8) is 0 Å². The Hall–Kier alpha value is -1.02. The normalized spacial score (nSPS) is 13.7. The molecular weight excluding hydrogens is 234 g/mol. The average Bonchev–Trinajstić information content (AvgIpc) is 2.29. The van der Waals surface area contributed by atoms with E-state index in [1.165, 1.54) is 16.7 Å². The second-order valence-electron chi connectivity index (χ2n) is 6.75. The van der Waals surface area contributed by atoms with Crippen LogP contribution in [0.5, 0.6) is 5.75 Å². The van der Waals surface area contributed by atoms with E-state index in [9.17, 15) is 0 Å². The van der Waals surface area contributed by atoms with Crippen LogP contribution in [0.15, 0.2) is 12.1 Å². The zero-order valence-corrected chi connectivity index (χ0v) is 13.5. The van der Waals surface area contributed by atoms with E-state index in [0.29, 0.717) is 18.4 Å². The number of ether oxygens (including phenoxy) is 1. The summed E-state index contributed by atoms with van der Waals surface area (Å²) < 4.78 is 5.55. The van der Waals surface area contributed by atoms with Crippen molar-refractivity contribution in [2.75, 3.05) is 13.7 Å². The summed E-state index contributed by atoms with van der Waals surface area (Å²) in [6, 6.07) is 4.45. The molecule has 2 nitrogen and oxygen atoms in total. The van der Waals surface area contributed by atoms with Gasteiger partial charge in [-0.2, -0.15) is 0 Å². The minimum atomic E-state index is 0.0733. The topological polar surface area (TPSA) is 35.2 Å². The Labute approximate surface area is 118 Å². The van der Waals surface area contributed by atoms with Gasteiger partial charge >= 0.3 is 0 Å². The van der Waals surface area contributed by atoms with E-state index in [0.717, 1.165) is 5.75 Å². The third-order valence-electron chi connectivity index (χ3n) is 3.85. The Bertz CT molecular complexity index is 430. The van der Waals surface area contributed by atoms with E-state index in [-0.39, 0.29) is 5.41 Å². The van der Waals surface area contributed by atoms with Crippen LogP contribution in [0, 0.1) is 12.8 Å². The van der Waals surface area contributed by atoms with E-state index in [1.54, 1.807) is 7.11 Å². The number of methoxy groups -OCH3 is 1. The van der Waals surface area contributed by atoms with Crippen LogP contribution in [0.25, 0.3) is 0 Å². The van der Waals surface area contributed by atoms with Gasteiger partial charge in [-0.05, 0) is 53.5 Å². The van der Waals surface area contributed by atoms with Crippen LogP contribution in [0.4, 0.5) is 0 Å². The highest BCUT2D eigenvalue weighted by molar-refractivity contribution is 5.47. The second kappa shape index (κ2) is 5.96. The minimum absolute atomic E-state index is 0.0733. The average molecular weight is 263 g/mol. The molecule has 1 atom stereocenters. The van der Waals surface area contributed by atoms with Crippen LogP contribution in [0.2, 0.25) is 0 Å². The molecule has 2 heteroatoms. The van der Waals surface area contributed by atoms with Gasteiger partial charge in [0, 0.05) is 0 Å². The molecule has 1 aromatic rings. The maximum absolute atomic E-state index is 5.97. The molecular formula is C17H29NO. The van der Waals surface area contributed by atoms with Gasteiger partial charge in [0.1, 0.15) is 5.75 Å². The summed E-state index contributed by atoms with van der Waals surface area (Å²) in [6.07, 6.45) is 0. The Morgan fingerprint density at radius 1 is 1.21 bits per heavy atom. The van der Waals surface area contributed by atoms with Gasteiger partial charge in [0.05, 0.1) is 7.11 Å². The van der Waals surface area contributed by atoms with Gasteiger partial charge in [0.2, 0.25) is 0 Å². The van der Waals surface area contributed by atoms with Crippen LogP contribution in [0.3, 0.4) is 0 Å². The molecule has 2 N–H and O–H groups in total. The number of hydrogen-bond acceptors (Lipinski definition) is 2. The molecule has 0 amide bonds. The molecule has 0 spiro atoms. The summed E-state index contributed by atoms with van der Waals surface area (Å²) in [5, 5.41) is 0. The summed E-state index contributed by atoms with van der Waals surface area (Å²) in [6.45, 7) is 14.0. The smallest absolute Gasteiger partial charge is 0.122 e. The zero-order chi connectivity index (χ0) is 14.8. The van der Waals surface area contributed by atoms with E-state index in [4.69, 9.17) is 10.5 Å². The Morgan fingerprint density at radius 3 is 2.16 bits per heavy atom. The highest BCUT2D eigenvalue weighted by Gasteiger charge is 2.24. The van der Waals surface area contributed by atoms with Crippen LogP contribution >= 0.6 is 0 Å². The molecule has 0 aliphatic heterocycles. The standard InChI is InChI=1S/C17H29NO/c1-11(2)14(10-18)13-9-15(17(4,5)6)16(19-7)8-12(13)3/h8-9,11,14H,10,18H2,1-7H3. The molecule has 0 saturated carbocycles. The van der Waals surface area contributed by atoms with Crippen molar-refractivity contribution in [1.82, 2.24) is 0 Å². The third-order valence-corrected chi connectivity index (χ3v) is 3.85. The summed E-state index contributed by atoms with van der Waals surface area (Å²) in [7, 11) is 1.74. The van der Waals surface area contributed by atoms with Crippen molar-refractivity contribution in [3.8, 4) is 5.75 Å². The molecule has 0 aliphatic rings. The lowest BCUT2D eigenvalue weighted by Gasteiger charge is -2.28. The number of rotatable bonds is 4. The molecule has 108 valence electrons. The number of aryl methyl sites for hydroxylation is 1. The number of nitrogens with two attached hydrogens (primary N) is 1. The summed E-state index contributed by atoms with van der Waals surface area (Å²) in [5.41, 5.74) is 9.94. The van der Waals surface area contributed by atoms with Gasteiger partial charge < -0.3 is 10.5 Å². The van der Waals surface area contributed by atoms with Crippen molar-refractivity contribution >= 4 is 0 Å². The predicted molar refractivity (Wildman–Crippen MR) is 83.1 cm³/mol. The predicted octanol–water partition coefficient (Wildman–Crippen LogP) is 4.00. The van der Waals surface area contributed by atoms with E-state index in [2.05, 4.69) is 53.7 Å². The Morgan fingerprint density at radius 2 is 1.79 bits per heavy atom. The van der Waals surface area contributed by atoms with Gasteiger partial charge in [0.15, 0.2) is 0 Å². The lowest BCUT2D eigenvalue weighted by atomic mass is 9.79. The monoisotopic (exact) mass is 263 g/mol.